The fourth-order valence-electron chi connectivity index (χ4n) is 1.64. The first-order valence-electron chi connectivity index (χ1n) is 5.62. The predicted octanol–water partition coefficient (Wildman–Crippen LogP) is 3.48. The minimum absolute atomic E-state index is 0.00265. The highest BCUT2D eigenvalue weighted by Crippen LogP contribution is 2.21. The smallest absolute Gasteiger partial charge is 0.153 e. The van der Waals surface area contributed by atoms with Gasteiger partial charge >= 0.3 is 0 Å². The largest absolute Gasteiger partial charge is 0.321 e. The number of carbonyl (C=O) groups excluding carboxylic acids is 1. The molecule has 0 aliphatic rings. The molecule has 1 atom stereocenters. The van der Waals surface area contributed by atoms with Gasteiger partial charge in [0.15, 0.2) is 5.78 Å². The zero-order valence-corrected chi connectivity index (χ0v) is 11.6. The van der Waals surface area contributed by atoms with Crippen molar-refractivity contribution in [1.82, 2.24) is 0 Å². The molecule has 2 N–H and O–H groups in total. The Morgan fingerprint density at radius 1 is 1.35 bits per heavy atom. The molecule has 0 aromatic heterocycles. The lowest BCUT2D eigenvalue weighted by molar-refractivity contribution is -0.120. The van der Waals surface area contributed by atoms with Crippen molar-refractivity contribution in [3.63, 3.8) is 0 Å². The molecule has 1 unspecified atom stereocenters. The molecule has 1 aromatic carbocycles. The number of ketones is 1. The summed E-state index contributed by atoms with van der Waals surface area (Å²) in [7, 11) is 0. The minimum Gasteiger partial charge on any atom is -0.321 e. The Morgan fingerprint density at radius 3 is 2.59 bits per heavy atom. The third kappa shape index (κ3) is 4.66. The molecular weight excluding hydrogens is 257 g/mol. The van der Waals surface area contributed by atoms with Gasteiger partial charge in [-0.05, 0) is 36.1 Å². The molecule has 94 valence electrons. The number of halogens is 2. The lowest BCUT2D eigenvalue weighted by Crippen LogP contribution is -2.33. The Labute approximate surface area is 112 Å². The summed E-state index contributed by atoms with van der Waals surface area (Å²) in [6.45, 7) is 4.08. The maximum absolute atomic E-state index is 11.9. The normalized spacial score (nSPS) is 12.8. The van der Waals surface area contributed by atoms with E-state index in [2.05, 4.69) is 0 Å². The Bertz CT molecular complexity index is 404. The quantitative estimate of drug-likeness (QED) is 0.893. The van der Waals surface area contributed by atoms with Gasteiger partial charge in [-0.15, -0.1) is 0 Å². The summed E-state index contributed by atoms with van der Waals surface area (Å²) in [5, 5.41) is 1.13. The molecule has 0 saturated heterocycles. The van der Waals surface area contributed by atoms with Crippen LogP contribution >= 0.6 is 23.2 Å². The van der Waals surface area contributed by atoms with Gasteiger partial charge in [0.25, 0.3) is 0 Å². The van der Waals surface area contributed by atoms with Gasteiger partial charge in [-0.3, -0.25) is 4.79 Å². The molecule has 1 aromatic rings. The van der Waals surface area contributed by atoms with Crippen molar-refractivity contribution in [1.29, 1.82) is 0 Å². The standard InChI is InChI=1S/C13H17Cl2NO/c1-8(2)5-12(16)13(17)7-9-6-10(14)3-4-11(9)15/h3-4,6,8,12H,5,7,16H2,1-2H3. The van der Waals surface area contributed by atoms with Crippen molar-refractivity contribution >= 4 is 29.0 Å². The number of nitrogens with two attached hydrogens (primary N) is 1. The van der Waals surface area contributed by atoms with E-state index in [0.717, 1.165) is 5.56 Å². The van der Waals surface area contributed by atoms with Crippen LogP contribution < -0.4 is 5.73 Å². The molecule has 2 nitrogen and oxygen atoms in total. The monoisotopic (exact) mass is 273 g/mol. The number of rotatable bonds is 5. The van der Waals surface area contributed by atoms with E-state index in [-0.39, 0.29) is 12.2 Å². The first-order chi connectivity index (χ1) is 7.90. The van der Waals surface area contributed by atoms with E-state index in [9.17, 15) is 4.79 Å². The van der Waals surface area contributed by atoms with Crippen LogP contribution in [0.5, 0.6) is 0 Å². The van der Waals surface area contributed by atoms with Gasteiger partial charge in [-0.2, -0.15) is 0 Å². The summed E-state index contributed by atoms with van der Waals surface area (Å²) in [6.07, 6.45) is 0.935. The SMILES string of the molecule is CC(C)CC(N)C(=O)Cc1cc(Cl)ccc1Cl. The molecule has 0 amide bonds. The molecule has 0 bridgehead atoms. The number of hydrogen-bond donors (Lipinski definition) is 1. The zero-order chi connectivity index (χ0) is 13.0. The minimum atomic E-state index is -0.426. The van der Waals surface area contributed by atoms with Crippen LogP contribution in [0.4, 0.5) is 0 Å². The Balaban J connectivity index is 2.70. The molecule has 1 rings (SSSR count). The summed E-state index contributed by atoms with van der Waals surface area (Å²) in [6, 6.07) is 4.68. The van der Waals surface area contributed by atoms with Crippen molar-refractivity contribution < 1.29 is 4.79 Å². The topological polar surface area (TPSA) is 43.1 Å². The summed E-state index contributed by atoms with van der Waals surface area (Å²) in [5.41, 5.74) is 6.57. The molecular formula is C13H17Cl2NO. The van der Waals surface area contributed by atoms with Gasteiger partial charge in [0.2, 0.25) is 0 Å². The maximum atomic E-state index is 11.9. The first kappa shape index (κ1) is 14.5. The van der Waals surface area contributed by atoms with Crippen molar-refractivity contribution in [2.45, 2.75) is 32.7 Å². The van der Waals surface area contributed by atoms with E-state index < -0.39 is 6.04 Å². The van der Waals surface area contributed by atoms with E-state index >= 15 is 0 Å². The van der Waals surface area contributed by atoms with Crippen LogP contribution in [0, 0.1) is 5.92 Å². The van der Waals surface area contributed by atoms with Crippen molar-refractivity contribution in [3.05, 3.63) is 33.8 Å². The molecule has 0 aliphatic heterocycles. The summed E-state index contributed by atoms with van der Waals surface area (Å²) in [5.74, 6) is 0.409. The van der Waals surface area contributed by atoms with Crippen LogP contribution in [0.2, 0.25) is 10.0 Å². The highest BCUT2D eigenvalue weighted by molar-refractivity contribution is 6.33. The lowest BCUT2D eigenvalue weighted by Gasteiger charge is -2.13. The summed E-state index contributed by atoms with van der Waals surface area (Å²) >= 11 is 11.9. The van der Waals surface area contributed by atoms with E-state index in [0.29, 0.717) is 22.4 Å². The number of benzene rings is 1. The van der Waals surface area contributed by atoms with Crippen LogP contribution in [0.1, 0.15) is 25.8 Å². The third-order valence-electron chi connectivity index (χ3n) is 2.51. The molecule has 0 radical (unpaired) electrons. The number of Topliss-reactive ketones (excluding diaryl/α,β-unsaturated/α-hetero) is 1. The van der Waals surface area contributed by atoms with Crippen LogP contribution in [0.3, 0.4) is 0 Å². The Kier molecular flexibility index (Phi) is 5.44. The third-order valence-corrected chi connectivity index (χ3v) is 3.12. The van der Waals surface area contributed by atoms with E-state index in [1.165, 1.54) is 0 Å². The van der Waals surface area contributed by atoms with Crippen molar-refractivity contribution in [2.75, 3.05) is 0 Å². The van der Waals surface area contributed by atoms with Gasteiger partial charge < -0.3 is 5.73 Å². The zero-order valence-electron chi connectivity index (χ0n) is 10.0. The Hall–Kier alpha value is -0.570. The molecule has 0 saturated carbocycles. The van der Waals surface area contributed by atoms with Crippen LogP contribution in [-0.2, 0) is 11.2 Å². The molecule has 17 heavy (non-hydrogen) atoms. The van der Waals surface area contributed by atoms with E-state index in [1.54, 1.807) is 18.2 Å². The van der Waals surface area contributed by atoms with Gasteiger partial charge in [-0.25, -0.2) is 0 Å². The summed E-state index contributed by atoms with van der Waals surface area (Å²) in [4.78, 5) is 11.9. The Morgan fingerprint density at radius 2 is 2.00 bits per heavy atom. The second-order valence-electron chi connectivity index (χ2n) is 4.61. The number of carbonyl (C=O) groups is 1. The van der Waals surface area contributed by atoms with Gasteiger partial charge in [0, 0.05) is 16.5 Å². The maximum Gasteiger partial charge on any atom is 0.153 e. The van der Waals surface area contributed by atoms with Gasteiger partial charge in [0.05, 0.1) is 6.04 Å². The van der Waals surface area contributed by atoms with Crippen LogP contribution in [-0.4, -0.2) is 11.8 Å². The average molecular weight is 274 g/mol. The van der Waals surface area contributed by atoms with Gasteiger partial charge in [-0.1, -0.05) is 37.0 Å². The summed E-state index contributed by atoms with van der Waals surface area (Å²) < 4.78 is 0. The van der Waals surface area contributed by atoms with Crippen LogP contribution in [0.25, 0.3) is 0 Å². The predicted molar refractivity (Wildman–Crippen MR) is 72.6 cm³/mol. The fraction of sp³-hybridized carbons (Fsp3) is 0.462. The molecule has 0 heterocycles. The molecule has 4 heteroatoms. The van der Waals surface area contributed by atoms with Crippen LogP contribution in [0.15, 0.2) is 18.2 Å². The average Bonchev–Trinajstić information content (AvgIpc) is 2.22. The van der Waals surface area contributed by atoms with E-state index in [4.69, 9.17) is 28.9 Å². The lowest BCUT2D eigenvalue weighted by atomic mass is 9.97. The highest BCUT2D eigenvalue weighted by atomic mass is 35.5. The first-order valence-corrected chi connectivity index (χ1v) is 6.38. The van der Waals surface area contributed by atoms with Crippen molar-refractivity contribution in [3.8, 4) is 0 Å². The fourth-order valence-corrected chi connectivity index (χ4v) is 2.02. The molecule has 0 spiro atoms. The second-order valence-corrected chi connectivity index (χ2v) is 5.46. The van der Waals surface area contributed by atoms with E-state index in [1.807, 2.05) is 13.8 Å². The highest BCUT2D eigenvalue weighted by Gasteiger charge is 2.16. The number of hydrogen-bond acceptors (Lipinski definition) is 2. The van der Waals surface area contributed by atoms with Gasteiger partial charge in [0.1, 0.15) is 0 Å². The molecule has 0 fully saturated rings. The second kappa shape index (κ2) is 6.39. The molecule has 0 aliphatic carbocycles. The van der Waals surface area contributed by atoms with Crippen molar-refractivity contribution in [2.24, 2.45) is 11.7 Å².